The van der Waals surface area contributed by atoms with Crippen LogP contribution in [-0.4, -0.2) is 25.3 Å². The summed E-state index contributed by atoms with van der Waals surface area (Å²) in [5.74, 6) is -0.507. The van der Waals surface area contributed by atoms with Crippen LogP contribution in [-0.2, 0) is 10.0 Å². The van der Waals surface area contributed by atoms with E-state index in [9.17, 15) is 12.8 Å². The van der Waals surface area contributed by atoms with E-state index >= 15 is 0 Å². The van der Waals surface area contributed by atoms with Crippen LogP contribution in [0.4, 0.5) is 10.1 Å². The summed E-state index contributed by atoms with van der Waals surface area (Å²) in [4.78, 5) is -0.403. The third-order valence-corrected chi connectivity index (χ3v) is 6.70. The molecule has 1 aliphatic carbocycles. The number of rotatable bonds is 2. The Bertz CT molecular complexity index is 665. The molecule has 2 N–H and O–H groups in total. The van der Waals surface area contributed by atoms with E-state index in [0.717, 1.165) is 38.2 Å². The molecule has 2 atom stereocenters. The van der Waals surface area contributed by atoms with Gasteiger partial charge in [-0.05, 0) is 43.7 Å². The lowest BCUT2D eigenvalue weighted by atomic mass is 9.94. The Morgan fingerprint density at radius 1 is 1.24 bits per heavy atom. The summed E-state index contributed by atoms with van der Waals surface area (Å²) in [6.45, 7) is 0.440. The first kappa shape index (κ1) is 15.1. The highest BCUT2D eigenvalue weighted by Crippen LogP contribution is 2.40. The van der Waals surface area contributed by atoms with Crippen molar-refractivity contribution in [3.63, 3.8) is 0 Å². The van der Waals surface area contributed by atoms with Crippen molar-refractivity contribution in [1.82, 2.24) is 4.31 Å². The van der Waals surface area contributed by atoms with Crippen molar-refractivity contribution < 1.29 is 12.8 Å². The lowest BCUT2D eigenvalue weighted by Gasteiger charge is -2.36. The second kappa shape index (κ2) is 5.41. The van der Waals surface area contributed by atoms with Crippen molar-refractivity contribution in [2.24, 2.45) is 5.92 Å². The van der Waals surface area contributed by atoms with Gasteiger partial charge < -0.3 is 5.73 Å². The van der Waals surface area contributed by atoms with Crippen molar-refractivity contribution in [3.05, 3.63) is 23.0 Å². The zero-order valence-electron chi connectivity index (χ0n) is 11.6. The Morgan fingerprint density at radius 2 is 1.95 bits per heavy atom. The maximum Gasteiger partial charge on any atom is 0.246 e. The molecule has 4 nitrogen and oxygen atoms in total. The summed E-state index contributed by atoms with van der Waals surface area (Å²) in [7, 11) is -3.90. The number of nitrogens with zero attached hydrogens (tertiary/aromatic N) is 1. The van der Waals surface area contributed by atoms with Gasteiger partial charge in [-0.2, -0.15) is 4.31 Å². The molecule has 2 fully saturated rings. The van der Waals surface area contributed by atoms with Gasteiger partial charge in [-0.1, -0.05) is 18.0 Å². The number of piperidine rings is 1. The van der Waals surface area contributed by atoms with E-state index in [2.05, 4.69) is 0 Å². The van der Waals surface area contributed by atoms with Gasteiger partial charge in [0.25, 0.3) is 0 Å². The minimum atomic E-state index is -3.90. The second-order valence-electron chi connectivity index (χ2n) is 5.82. The molecule has 0 radical (unpaired) electrons. The number of halogens is 2. The van der Waals surface area contributed by atoms with E-state index in [-0.39, 0.29) is 16.8 Å². The fourth-order valence-electron chi connectivity index (χ4n) is 3.61. The molecule has 2 unspecified atom stereocenters. The predicted octanol–water partition coefficient (Wildman–Crippen LogP) is 3.01. The number of nitrogens with two attached hydrogens (primary N) is 1. The molecule has 116 valence electrons. The van der Waals surface area contributed by atoms with Crippen molar-refractivity contribution >= 4 is 27.3 Å². The summed E-state index contributed by atoms with van der Waals surface area (Å²) in [5, 5.41) is 0.132. The first-order valence-corrected chi connectivity index (χ1v) is 8.99. The van der Waals surface area contributed by atoms with Gasteiger partial charge >= 0.3 is 0 Å². The standard InChI is InChI=1S/C14H18ClFN2O2S/c15-10-7-11(17)14(16)13(8-10)21(19,20)18-6-2-4-9-3-1-5-12(9)18/h7-9,12H,1-6,17H2. The molecule has 1 saturated carbocycles. The lowest BCUT2D eigenvalue weighted by Crippen LogP contribution is -2.46. The smallest absolute Gasteiger partial charge is 0.246 e. The predicted molar refractivity (Wildman–Crippen MR) is 80.1 cm³/mol. The summed E-state index contributed by atoms with van der Waals surface area (Å²) in [5.41, 5.74) is 5.28. The lowest BCUT2D eigenvalue weighted by molar-refractivity contribution is 0.201. The van der Waals surface area contributed by atoms with Gasteiger partial charge in [0, 0.05) is 17.6 Å². The van der Waals surface area contributed by atoms with Crippen LogP contribution >= 0.6 is 11.6 Å². The van der Waals surface area contributed by atoms with Gasteiger partial charge in [-0.3, -0.25) is 0 Å². The van der Waals surface area contributed by atoms with E-state index in [1.54, 1.807) is 0 Å². The zero-order chi connectivity index (χ0) is 15.2. The molecule has 2 aliphatic rings. The highest BCUT2D eigenvalue weighted by Gasteiger charge is 2.42. The highest BCUT2D eigenvalue weighted by atomic mass is 35.5. The van der Waals surface area contributed by atoms with Crippen LogP contribution in [0, 0.1) is 11.7 Å². The molecule has 1 aromatic carbocycles. The fourth-order valence-corrected chi connectivity index (χ4v) is 5.77. The van der Waals surface area contributed by atoms with Crippen LogP contribution < -0.4 is 5.73 Å². The molecule has 7 heteroatoms. The van der Waals surface area contributed by atoms with E-state index in [1.165, 1.54) is 10.4 Å². The van der Waals surface area contributed by atoms with Gasteiger partial charge in [-0.15, -0.1) is 0 Å². The Labute approximate surface area is 129 Å². The molecule has 1 heterocycles. The van der Waals surface area contributed by atoms with E-state index in [4.69, 9.17) is 17.3 Å². The number of nitrogen functional groups attached to an aromatic ring is 1. The average molecular weight is 333 g/mol. The van der Waals surface area contributed by atoms with Crippen LogP contribution in [0.1, 0.15) is 32.1 Å². The quantitative estimate of drug-likeness (QED) is 0.847. The monoisotopic (exact) mass is 332 g/mol. The number of sulfonamides is 1. The Kier molecular flexibility index (Phi) is 3.88. The third-order valence-electron chi connectivity index (χ3n) is 4.56. The minimum absolute atomic E-state index is 0.0108. The summed E-state index contributed by atoms with van der Waals surface area (Å²) in [6.07, 6.45) is 4.80. The zero-order valence-corrected chi connectivity index (χ0v) is 13.1. The second-order valence-corrected chi connectivity index (χ2v) is 8.12. The third kappa shape index (κ3) is 2.53. The first-order valence-electron chi connectivity index (χ1n) is 7.17. The SMILES string of the molecule is Nc1cc(Cl)cc(S(=O)(=O)N2CCCC3CCCC32)c1F. The van der Waals surface area contributed by atoms with Crippen molar-refractivity contribution in [1.29, 1.82) is 0 Å². The highest BCUT2D eigenvalue weighted by molar-refractivity contribution is 7.89. The summed E-state index contributed by atoms with van der Waals surface area (Å²) >= 11 is 5.85. The van der Waals surface area contributed by atoms with Gasteiger partial charge in [0.2, 0.25) is 10.0 Å². The van der Waals surface area contributed by atoms with Gasteiger partial charge in [0.05, 0.1) is 5.69 Å². The Balaban J connectivity index is 2.04. The number of benzene rings is 1. The van der Waals surface area contributed by atoms with Crippen LogP contribution in [0.25, 0.3) is 0 Å². The van der Waals surface area contributed by atoms with E-state index < -0.39 is 20.7 Å². The maximum absolute atomic E-state index is 14.2. The Morgan fingerprint density at radius 3 is 2.71 bits per heavy atom. The van der Waals surface area contributed by atoms with Crippen molar-refractivity contribution in [3.8, 4) is 0 Å². The summed E-state index contributed by atoms with van der Waals surface area (Å²) < 4.78 is 41.3. The molecule has 0 spiro atoms. The van der Waals surface area contributed by atoms with Gasteiger partial charge in [-0.25, -0.2) is 12.8 Å². The topological polar surface area (TPSA) is 63.4 Å². The fraction of sp³-hybridized carbons (Fsp3) is 0.571. The van der Waals surface area contributed by atoms with Crippen molar-refractivity contribution in [2.75, 3.05) is 12.3 Å². The molecule has 0 bridgehead atoms. The average Bonchev–Trinajstić information content (AvgIpc) is 2.90. The molecule has 1 aliphatic heterocycles. The number of fused-ring (bicyclic) bond motifs is 1. The normalized spacial score (nSPS) is 26.8. The largest absolute Gasteiger partial charge is 0.396 e. The molecule has 21 heavy (non-hydrogen) atoms. The first-order chi connectivity index (χ1) is 9.91. The Hall–Kier alpha value is -0.850. The van der Waals surface area contributed by atoms with Crippen molar-refractivity contribution in [2.45, 2.75) is 43.0 Å². The number of hydrogen-bond acceptors (Lipinski definition) is 3. The molecular weight excluding hydrogens is 315 g/mol. The molecule has 1 aromatic rings. The molecular formula is C14H18ClFN2O2S. The maximum atomic E-state index is 14.2. The molecule has 3 rings (SSSR count). The number of hydrogen-bond donors (Lipinski definition) is 1. The van der Waals surface area contributed by atoms with Crippen LogP contribution in [0.3, 0.4) is 0 Å². The number of anilines is 1. The van der Waals surface area contributed by atoms with Crippen LogP contribution in [0.5, 0.6) is 0 Å². The molecule has 0 aromatic heterocycles. The van der Waals surface area contributed by atoms with Crippen LogP contribution in [0.2, 0.25) is 5.02 Å². The van der Waals surface area contributed by atoms with E-state index in [1.807, 2.05) is 0 Å². The molecule has 1 saturated heterocycles. The minimum Gasteiger partial charge on any atom is -0.396 e. The van der Waals surface area contributed by atoms with E-state index in [0.29, 0.717) is 12.5 Å². The van der Waals surface area contributed by atoms with Crippen LogP contribution in [0.15, 0.2) is 17.0 Å². The van der Waals surface area contributed by atoms with Gasteiger partial charge in [0.15, 0.2) is 5.82 Å². The summed E-state index contributed by atoms with van der Waals surface area (Å²) in [6, 6.07) is 2.37. The van der Waals surface area contributed by atoms with Gasteiger partial charge in [0.1, 0.15) is 4.90 Å². The molecule has 0 amide bonds.